The van der Waals surface area contributed by atoms with E-state index in [2.05, 4.69) is 15.8 Å². The number of anilines is 1. The molecule has 0 spiro atoms. The van der Waals surface area contributed by atoms with Gasteiger partial charge in [0.2, 0.25) is 17.7 Å². The van der Waals surface area contributed by atoms with E-state index in [4.69, 9.17) is 4.52 Å². The Kier molecular flexibility index (Phi) is 9.79. The van der Waals surface area contributed by atoms with Crippen LogP contribution in [0.1, 0.15) is 39.4 Å². The van der Waals surface area contributed by atoms with Gasteiger partial charge in [0.1, 0.15) is 5.76 Å². The van der Waals surface area contributed by atoms with E-state index in [0.29, 0.717) is 24.7 Å². The highest BCUT2D eigenvalue weighted by Crippen LogP contribution is 2.15. The van der Waals surface area contributed by atoms with Crippen molar-refractivity contribution in [2.45, 2.75) is 45.8 Å². The maximum absolute atomic E-state index is 12.4. The van der Waals surface area contributed by atoms with E-state index in [1.54, 1.807) is 19.9 Å². The van der Waals surface area contributed by atoms with Crippen LogP contribution < -0.4 is 10.6 Å². The summed E-state index contributed by atoms with van der Waals surface area (Å²) < 4.78 is 4.90. The molecule has 0 aromatic carbocycles. The summed E-state index contributed by atoms with van der Waals surface area (Å²) in [5, 5.41) is 8.68. The standard InChI is InChI=1S/C17H28N4O4S/c1-5-7-18-15(22)10-21(8-6-2)16(23)11-26-13(4)17(24)19-14-9-12(3)25-20-14/h9,13H,5-8,10-11H2,1-4H3,(H,18,22)(H,19,20,24). The van der Waals surface area contributed by atoms with Gasteiger partial charge in [-0.2, -0.15) is 0 Å². The third-order valence-electron chi connectivity index (χ3n) is 3.46. The number of hydrogen-bond acceptors (Lipinski definition) is 6. The van der Waals surface area contributed by atoms with Gasteiger partial charge in [-0.3, -0.25) is 14.4 Å². The fourth-order valence-corrected chi connectivity index (χ4v) is 2.86. The van der Waals surface area contributed by atoms with Crippen molar-refractivity contribution >= 4 is 35.3 Å². The summed E-state index contributed by atoms with van der Waals surface area (Å²) in [7, 11) is 0. The van der Waals surface area contributed by atoms with Crippen molar-refractivity contribution in [3.8, 4) is 0 Å². The SMILES string of the molecule is CCCNC(=O)CN(CCC)C(=O)CSC(C)C(=O)Nc1cc(C)on1. The molecule has 1 aromatic rings. The van der Waals surface area contributed by atoms with E-state index in [1.807, 2.05) is 13.8 Å². The van der Waals surface area contributed by atoms with E-state index in [-0.39, 0.29) is 30.0 Å². The lowest BCUT2D eigenvalue weighted by Crippen LogP contribution is -2.42. The average molecular weight is 385 g/mol. The predicted octanol–water partition coefficient (Wildman–Crippen LogP) is 1.81. The van der Waals surface area contributed by atoms with Gasteiger partial charge in [-0.15, -0.1) is 11.8 Å². The van der Waals surface area contributed by atoms with Crippen molar-refractivity contribution in [1.82, 2.24) is 15.4 Å². The molecule has 0 saturated heterocycles. The Morgan fingerprint density at radius 2 is 2.04 bits per heavy atom. The summed E-state index contributed by atoms with van der Waals surface area (Å²) in [4.78, 5) is 37.9. The molecule has 9 heteroatoms. The van der Waals surface area contributed by atoms with Gasteiger partial charge < -0.3 is 20.1 Å². The Morgan fingerprint density at radius 1 is 1.31 bits per heavy atom. The first-order valence-electron chi connectivity index (χ1n) is 8.77. The topological polar surface area (TPSA) is 105 Å². The molecule has 0 saturated carbocycles. The van der Waals surface area contributed by atoms with Crippen LogP contribution in [-0.2, 0) is 14.4 Å². The van der Waals surface area contributed by atoms with Gasteiger partial charge in [-0.05, 0) is 26.7 Å². The van der Waals surface area contributed by atoms with Gasteiger partial charge in [0.25, 0.3) is 0 Å². The van der Waals surface area contributed by atoms with E-state index < -0.39 is 5.25 Å². The fraction of sp³-hybridized carbons (Fsp3) is 0.647. The maximum atomic E-state index is 12.4. The molecular formula is C17H28N4O4S. The van der Waals surface area contributed by atoms with Crippen LogP contribution in [0.15, 0.2) is 10.6 Å². The third kappa shape index (κ3) is 7.90. The summed E-state index contributed by atoms with van der Waals surface area (Å²) >= 11 is 1.22. The average Bonchev–Trinajstić information content (AvgIpc) is 3.01. The van der Waals surface area contributed by atoms with Crippen molar-refractivity contribution in [1.29, 1.82) is 0 Å². The van der Waals surface area contributed by atoms with Crippen LogP contribution in [0.3, 0.4) is 0 Å². The van der Waals surface area contributed by atoms with Crippen LogP contribution in [0.2, 0.25) is 0 Å². The van der Waals surface area contributed by atoms with Crippen LogP contribution in [0.5, 0.6) is 0 Å². The summed E-state index contributed by atoms with van der Waals surface area (Å²) in [6.45, 7) is 8.53. The summed E-state index contributed by atoms with van der Waals surface area (Å²) in [6, 6.07) is 1.62. The molecule has 0 aliphatic rings. The normalized spacial score (nSPS) is 11.7. The van der Waals surface area contributed by atoms with Gasteiger partial charge in [0.05, 0.1) is 17.5 Å². The highest BCUT2D eigenvalue weighted by Gasteiger charge is 2.20. The quantitative estimate of drug-likeness (QED) is 0.603. The number of nitrogens with one attached hydrogen (secondary N) is 2. The van der Waals surface area contributed by atoms with Gasteiger partial charge in [0, 0.05) is 19.2 Å². The Labute approximate surface area is 158 Å². The number of rotatable bonds is 11. The Morgan fingerprint density at radius 3 is 2.62 bits per heavy atom. The van der Waals surface area contributed by atoms with Crippen LogP contribution in [0, 0.1) is 6.92 Å². The van der Waals surface area contributed by atoms with Gasteiger partial charge in [-0.1, -0.05) is 19.0 Å². The number of aryl methyl sites for hydroxylation is 1. The van der Waals surface area contributed by atoms with Crippen molar-refractivity contribution in [2.24, 2.45) is 0 Å². The third-order valence-corrected chi connectivity index (χ3v) is 4.59. The smallest absolute Gasteiger partial charge is 0.239 e. The number of thioether (sulfide) groups is 1. The highest BCUT2D eigenvalue weighted by atomic mass is 32.2. The molecule has 1 atom stereocenters. The zero-order valence-corrected chi connectivity index (χ0v) is 16.6. The lowest BCUT2D eigenvalue weighted by Gasteiger charge is -2.22. The number of carbonyl (C=O) groups excluding carboxylic acids is 3. The second kappa shape index (κ2) is 11.6. The molecule has 1 aromatic heterocycles. The molecule has 0 radical (unpaired) electrons. The second-order valence-electron chi connectivity index (χ2n) is 5.93. The minimum Gasteiger partial charge on any atom is -0.360 e. The minimum atomic E-state index is -0.437. The molecule has 0 aliphatic carbocycles. The lowest BCUT2D eigenvalue weighted by atomic mass is 10.3. The van der Waals surface area contributed by atoms with Crippen molar-refractivity contribution < 1.29 is 18.9 Å². The van der Waals surface area contributed by atoms with Gasteiger partial charge >= 0.3 is 0 Å². The van der Waals surface area contributed by atoms with Crippen LogP contribution in [-0.4, -0.2) is 58.4 Å². The first-order chi connectivity index (χ1) is 12.4. The molecule has 3 amide bonds. The number of nitrogens with zero attached hydrogens (tertiary/aromatic N) is 2. The second-order valence-corrected chi connectivity index (χ2v) is 7.26. The highest BCUT2D eigenvalue weighted by molar-refractivity contribution is 8.01. The van der Waals surface area contributed by atoms with Gasteiger partial charge in [-0.25, -0.2) is 0 Å². The number of amides is 3. The predicted molar refractivity (Wildman–Crippen MR) is 102 cm³/mol. The fourth-order valence-electron chi connectivity index (χ4n) is 2.07. The Hall–Kier alpha value is -2.03. The molecule has 8 nitrogen and oxygen atoms in total. The molecule has 146 valence electrons. The Balaban J connectivity index is 2.46. The molecule has 2 N–H and O–H groups in total. The molecular weight excluding hydrogens is 356 g/mol. The molecule has 26 heavy (non-hydrogen) atoms. The lowest BCUT2D eigenvalue weighted by molar-refractivity contribution is -0.134. The van der Waals surface area contributed by atoms with E-state index in [0.717, 1.165) is 12.8 Å². The zero-order chi connectivity index (χ0) is 19.5. The minimum absolute atomic E-state index is 0.0476. The van der Waals surface area contributed by atoms with Crippen molar-refractivity contribution in [2.75, 3.05) is 30.7 Å². The van der Waals surface area contributed by atoms with Crippen LogP contribution in [0.25, 0.3) is 0 Å². The van der Waals surface area contributed by atoms with Crippen LogP contribution >= 0.6 is 11.8 Å². The van der Waals surface area contributed by atoms with E-state index >= 15 is 0 Å². The molecule has 0 bridgehead atoms. The van der Waals surface area contributed by atoms with Gasteiger partial charge in [0.15, 0.2) is 5.82 Å². The van der Waals surface area contributed by atoms with Crippen molar-refractivity contribution in [3.63, 3.8) is 0 Å². The molecule has 1 heterocycles. The molecule has 0 aliphatic heterocycles. The molecule has 0 fully saturated rings. The van der Waals surface area contributed by atoms with Crippen molar-refractivity contribution in [3.05, 3.63) is 11.8 Å². The molecule has 1 unspecified atom stereocenters. The molecule has 1 rings (SSSR count). The van der Waals surface area contributed by atoms with E-state index in [1.165, 1.54) is 16.7 Å². The van der Waals surface area contributed by atoms with E-state index in [9.17, 15) is 14.4 Å². The summed E-state index contributed by atoms with van der Waals surface area (Å²) in [5.74, 6) is 0.525. The summed E-state index contributed by atoms with van der Waals surface area (Å²) in [5.41, 5.74) is 0. The number of hydrogen-bond donors (Lipinski definition) is 2. The monoisotopic (exact) mass is 384 g/mol. The largest absolute Gasteiger partial charge is 0.360 e. The maximum Gasteiger partial charge on any atom is 0.239 e. The zero-order valence-electron chi connectivity index (χ0n) is 15.8. The first-order valence-corrected chi connectivity index (χ1v) is 9.82. The number of aromatic nitrogens is 1. The number of carbonyl (C=O) groups is 3. The first kappa shape index (κ1) is 22.0. The Bertz CT molecular complexity index is 605. The summed E-state index contributed by atoms with van der Waals surface area (Å²) in [6.07, 6.45) is 1.61. The van der Waals surface area contributed by atoms with Crippen LogP contribution in [0.4, 0.5) is 5.82 Å².